The SMILES string of the molecule is C=C[C@H](CCC(=O)O)O[Si](c1ccccc1)(c1ccccc1)C(C)(C)C. The minimum atomic E-state index is -2.67. The maximum atomic E-state index is 11.0. The van der Waals surface area contributed by atoms with Crippen LogP contribution in [0.2, 0.25) is 5.04 Å². The van der Waals surface area contributed by atoms with Crippen LogP contribution >= 0.6 is 0 Å². The van der Waals surface area contributed by atoms with Gasteiger partial charge in [0, 0.05) is 6.42 Å². The zero-order valence-electron chi connectivity index (χ0n) is 15.8. The Morgan fingerprint density at radius 2 is 1.54 bits per heavy atom. The van der Waals surface area contributed by atoms with Crippen LogP contribution in [0.3, 0.4) is 0 Å². The molecule has 4 heteroatoms. The van der Waals surface area contributed by atoms with Gasteiger partial charge in [0.1, 0.15) is 0 Å². The second kappa shape index (κ2) is 8.47. The Balaban J connectivity index is 2.60. The van der Waals surface area contributed by atoms with Gasteiger partial charge in [0.05, 0.1) is 6.10 Å². The smallest absolute Gasteiger partial charge is 0.303 e. The van der Waals surface area contributed by atoms with E-state index in [1.54, 1.807) is 6.08 Å². The van der Waals surface area contributed by atoms with E-state index in [-0.39, 0.29) is 17.6 Å². The van der Waals surface area contributed by atoms with Crippen molar-refractivity contribution in [3.05, 3.63) is 73.3 Å². The van der Waals surface area contributed by atoms with Crippen LogP contribution in [0.4, 0.5) is 0 Å². The molecule has 3 nitrogen and oxygen atoms in total. The molecule has 0 aliphatic carbocycles. The average molecular weight is 369 g/mol. The minimum Gasteiger partial charge on any atom is -0.481 e. The molecule has 0 saturated carbocycles. The number of rotatable bonds is 8. The van der Waals surface area contributed by atoms with Crippen molar-refractivity contribution in [3.63, 3.8) is 0 Å². The van der Waals surface area contributed by atoms with Gasteiger partial charge in [-0.1, -0.05) is 87.5 Å². The maximum absolute atomic E-state index is 11.0. The van der Waals surface area contributed by atoms with Crippen LogP contribution < -0.4 is 10.4 Å². The fraction of sp³-hybridized carbons (Fsp3) is 0.318. The molecular weight excluding hydrogens is 340 g/mol. The lowest BCUT2D eigenvalue weighted by atomic mass is 10.2. The monoisotopic (exact) mass is 368 g/mol. The highest BCUT2D eigenvalue weighted by atomic mass is 28.4. The number of carboxylic acid groups (broad SMARTS) is 1. The van der Waals surface area contributed by atoms with Crippen LogP contribution in [-0.2, 0) is 9.22 Å². The van der Waals surface area contributed by atoms with Crippen molar-refractivity contribution in [2.24, 2.45) is 0 Å². The van der Waals surface area contributed by atoms with Crippen LogP contribution in [0.1, 0.15) is 33.6 Å². The van der Waals surface area contributed by atoms with E-state index in [0.717, 1.165) is 0 Å². The predicted molar refractivity (Wildman–Crippen MR) is 110 cm³/mol. The molecule has 0 heterocycles. The van der Waals surface area contributed by atoms with Crippen LogP contribution in [0.15, 0.2) is 73.3 Å². The Hall–Kier alpha value is -2.17. The van der Waals surface area contributed by atoms with Crippen molar-refractivity contribution in [3.8, 4) is 0 Å². The van der Waals surface area contributed by atoms with E-state index in [1.807, 2.05) is 36.4 Å². The first-order valence-electron chi connectivity index (χ1n) is 8.94. The molecule has 0 aliphatic heterocycles. The lowest BCUT2D eigenvalue weighted by molar-refractivity contribution is -0.137. The quantitative estimate of drug-likeness (QED) is 0.566. The molecule has 0 aromatic heterocycles. The van der Waals surface area contributed by atoms with Gasteiger partial charge >= 0.3 is 5.97 Å². The van der Waals surface area contributed by atoms with E-state index in [1.165, 1.54) is 10.4 Å². The molecule has 2 rings (SSSR count). The van der Waals surface area contributed by atoms with Crippen LogP contribution in [0, 0.1) is 0 Å². The fourth-order valence-electron chi connectivity index (χ4n) is 3.41. The highest BCUT2D eigenvalue weighted by molar-refractivity contribution is 6.99. The molecule has 0 amide bonds. The molecule has 26 heavy (non-hydrogen) atoms. The van der Waals surface area contributed by atoms with Crippen LogP contribution in [-0.4, -0.2) is 25.5 Å². The van der Waals surface area contributed by atoms with Crippen molar-refractivity contribution in [2.45, 2.75) is 44.8 Å². The molecular formula is C22H28O3Si. The standard InChI is InChI=1S/C22H28O3Si/c1-5-18(16-17-21(23)24)25-26(22(2,3)4,19-12-8-6-9-13-19)20-14-10-7-11-15-20/h5-15,18H,1,16-17H2,2-4H3,(H,23,24)/t18-/m1/s1. The van der Waals surface area contributed by atoms with E-state index in [0.29, 0.717) is 6.42 Å². The Kier molecular flexibility index (Phi) is 6.56. The molecule has 138 valence electrons. The lowest BCUT2D eigenvalue weighted by Crippen LogP contribution is -2.67. The Labute approximate surface area is 157 Å². The molecule has 2 aromatic rings. The fourth-order valence-corrected chi connectivity index (χ4v) is 8.09. The topological polar surface area (TPSA) is 46.5 Å². The molecule has 0 unspecified atom stereocenters. The van der Waals surface area contributed by atoms with Crippen molar-refractivity contribution in [1.82, 2.24) is 0 Å². The highest BCUT2D eigenvalue weighted by Crippen LogP contribution is 2.38. The second-order valence-corrected chi connectivity index (χ2v) is 11.7. The summed E-state index contributed by atoms with van der Waals surface area (Å²) < 4.78 is 6.83. The summed E-state index contributed by atoms with van der Waals surface area (Å²) in [4.78, 5) is 11.0. The van der Waals surface area contributed by atoms with E-state index >= 15 is 0 Å². The molecule has 0 saturated heterocycles. The summed E-state index contributed by atoms with van der Waals surface area (Å²) in [5, 5.41) is 11.3. The number of benzene rings is 2. The van der Waals surface area contributed by atoms with Crippen molar-refractivity contribution < 1.29 is 14.3 Å². The van der Waals surface area contributed by atoms with Crippen molar-refractivity contribution in [1.29, 1.82) is 0 Å². The van der Waals surface area contributed by atoms with Crippen molar-refractivity contribution >= 4 is 24.7 Å². The predicted octanol–water partition coefficient (Wildman–Crippen LogP) is 3.98. The number of carbonyl (C=O) groups is 1. The Morgan fingerprint density at radius 1 is 1.08 bits per heavy atom. The summed E-state index contributed by atoms with van der Waals surface area (Å²) >= 11 is 0. The summed E-state index contributed by atoms with van der Waals surface area (Å²) in [7, 11) is -2.67. The summed E-state index contributed by atoms with van der Waals surface area (Å²) in [6.07, 6.45) is 1.91. The molecule has 1 atom stereocenters. The third kappa shape index (κ3) is 4.32. The molecule has 1 N–H and O–H groups in total. The first-order valence-corrected chi connectivity index (χ1v) is 10.9. The molecule has 0 radical (unpaired) electrons. The zero-order valence-corrected chi connectivity index (χ0v) is 16.8. The molecule has 0 bridgehead atoms. The number of hydrogen-bond donors (Lipinski definition) is 1. The third-order valence-electron chi connectivity index (χ3n) is 4.65. The third-order valence-corrected chi connectivity index (χ3v) is 9.71. The molecule has 0 fully saturated rings. The molecule has 2 aromatic carbocycles. The van der Waals surface area contributed by atoms with Crippen LogP contribution in [0.5, 0.6) is 0 Å². The van der Waals surface area contributed by atoms with Gasteiger partial charge in [-0.15, -0.1) is 6.58 Å². The minimum absolute atomic E-state index is 0.0644. The van der Waals surface area contributed by atoms with Gasteiger partial charge in [-0.2, -0.15) is 0 Å². The first-order chi connectivity index (χ1) is 12.3. The Morgan fingerprint density at radius 3 is 1.88 bits per heavy atom. The highest BCUT2D eigenvalue weighted by Gasteiger charge is 2.51. The number of aliphatic carboxylic acids is 1. The Bertz CT molecular complexity index is 681. The largest absolute Gasteiger partial charge is 0.481 e. The van der Waals surface area contributed by atoms with Gasteiger partial charge in [-0.25, -0.2) is 0 Å². The van der Waals surface area contributed by atoms with Crippen LogP contribution in [0.25, 0.3) is 0 Å². The maximum Gasteiger partial charge on any atom is 0.303 e. The van der Waals surface area contributed by atoms with E-state index < -0.39 is 14.3 Å². The number of carboxylic acids is 1. The normalized spacial score (nSPS) is 13.2. The van der Waals surface area contributed by atoms with Gasteiger partial charge in [0.25, 0.3) is 8.32 Å². The molecule has 0 aliphatic rings. The van der Waals surface area contributed by atoms with Gasteiger partial charge in [-0.05, 0) is 21.8 Å². The van der Waals surface area contributed by atoms with Crippen molar-refractivity contribution in [2.75, 3.05) is 0 Å². The number of hydrogen-bond acceptors (Lipinski definition) is 2. The summed E-state index contributed by atoms with van der Waals surface area (Å²) in [5.41, 5.74) is 0. The lowest BCUT2D eigenvalue weighted by Gasteiger charge is -2.44. The molecule has 0 spiro atoms. The van der Waals surface area contributed by atoms with Gasteiger partial charge < -0.3 is 9.53 Å². The van der Waals surface area contributed by atoms with E-state index in [9.17, 15) is 4.79 Å². The summed E-state index contributed by atoms with van der Waals surface area (Å²) in [6, 6.07) is 20.7. The first kappa shape index (κ1) is 20.1. The van der Waals surface area contributed by atoms with Gasteiger partial charge in [0.15, 0.2) is 0 Å². The zero-order chi connectivity index (χ0) is 19.2. The average Bonchev–Trinajstić information content (AvgIpc) is 2.62. The van der Waals surface area contributed by atoms with E-state index in [2.05, 4.69) is 51.6 Å². The second-order valence-electron chi connectivity index (χ2n) is 7.49. The van der Waals surface area contributed by atoms with Gasteiger partial charge in [0.2, 0.25) is 0 Å². The van der Waals surface area contributed by atoms with E-state index in [4.69, 9.17) is 9.53 Å². The summed E-state index contributed by atoms with van der Waals surface area (Å²) in [6.45, 7) is 10.5. The van der Waals surface area contributed by atoms with Gasteiger partial charge in [-0.3, -0.25) is 4.79 Å². The summed E-state index contributed by atoms with van der Waals surface area (Å²) in [5.74, 6) is -0.817.